The Morgan fingerprint density at radius 2 is 1.81 bits per heavy atom. The first kappa shape index (κ1) is 19.1. The fraction of sp³-hybridized carbons (Fsp3) is 0.158. The fourth-order valence-corrected chi connectivity index (χ4v) is 4.59. The maximum absolute atomic E-state index is 12.3. The molecule has 138 valence electrons. The molecule has 0 saturated carbocycles. The van der Waals surface area contributed by atoms with Crippen LogP contribution in [0.25, 0.3) is 10.2 Å². The molecule has 0 spiro atoms. The first-order chi connectivity index (χ1) is 13.0. The van der Waals surface area contributed by atoms with Crippen molar-refractivity contribution >= 4 is 50.9 Å². The number of hydrazone groups is 1. The van der Waals surface area contributed by atoms with Crippen LogP contribution >= 0.6 is 23.1 Å². The molecule has 0 aliphatic rings. The second-order valence-corrected chi connectivity index (χ2v) is 8.35. The average molecular weight is 399 g/mol. The number of aromatic nitrogens is 1. The van der Waals surface area contributed by atoms with Crippen LogP contribution in [0.2, 0.25) is 0 Å². The van der Waals surface area contributed by atoms with Crippen molar-refractivity contribution < 1.29 is 14.7 Å². The molecule has 0 aliphatic carbocycles. The summed E-state index contributed by atoms with van der Waals surface area (Å²) < 4.78 is 1.89. The first-order valence-electron chi connectivity index (χ1n) is 8.15. The van der Waals surface area contributed by atoms with E-state index in [1.165, 1.54) is 17.8 Å². The van der Waals surface area contributed by atoms with Crippen LogP contribution in [0.1, 0.15) is 29.8 Å². The SMILES string of the molecule is C/C(=N\NC(=O)[C@@H](C)Sc1nc2ccccc2s1)c1ccccc1C(=O)O. The van der Waals surface area contributed by atoms with Crippen LogP contribution < -0.4 is 5.43 Å². The molecule has 0 bridgehead atoms. The number of fused-ring (bicyclic) bond motifs is 1. The Labute approximate surface area is 164 Å². The molecule has 2 aromatic carbocycles. The van der Waals surface area contributed by atoms with Gasteiger partial charge in [0.1, 0.15) is 0 Å². The van der Waals surface area contributed by atoms with Crippen LogP contribution in [-0.4, -0.2) is 32.9 Å². The molecule has 0 unspecified atom stereocenters. The molecule has 0 radical (unpaired) electrons. The van der Waals surface area contributed by atoms with Crippen molar-refractivity contribution in [2.45, 2.75) is 23.4 Å². The van der Waals surface area contributed by atoms with Gasteiger partial charge in [0.25, 0.3) is 5.91 Å². The minimum Gasteiger partial charge on any atom is -0.478 e. The van der Waals surface area contributed by atoms with Gasteiger partial charge < -0.3 is 5.11 Å². The van der Waals surface area contributed by atoms with Crippen LogP contribution in [0.4, 0.5) is 0 Å². The second-order valence-electron chi connectivity index (χ2n) is 5.73. The predicted molar refractivity (Wildman–Crippen MR) is 109 cm³/mol. The first-order valence-corrected chi connectivity index (χ1v) is 9.84. The highest BCUT2D eigenvalue weighted by atomic mass is 32.2. The molecule has 2 N–H and O–H groups in total. The molecule has 6 nitrogen and oxygen atoms in total. The van der Waals surface area contributed by atoms with Gasteiger partial charge in [-0.15, -0.1) is 11.3 Å². The molecule has 0 saturated heterocycles. The largest absolute Gasteiger partial charge is 0.478 e. The lowest BCUT2D eigenvalue weighted by molar-refractivity contribution is -0.120. The number of rotatable bonds is 6. The highest BCUT2D eigenvalue weighted by molar-refractivity contribution is 8.02. The Morgan fingerprint density at radius 3 is 2.52 bits per heavy atom. The number of hydrogen-bond acceptors (Lipinski definition) is 6. The zero-order chi connectivity index (χ0) is 19.4. The molecule has 0 fully saturated rings. The van der Waals surface area contributed by atoms with Gasteiger partial charge >= 0.3 is 5.97 Å². The third kappa shape index (κ3) is 4.53. The molecule has 3 rings (SSSR count). The number of thiazole rings is 1. The maximum atomic E-state index is 12.3. The van der Waals surface area contributed by atoms with E-state index in [0.717, 1.165) is 14.6 Å². The van der Waals surface area contributed by atoms with Crippen molar-refractivity contribution in [3.05, 3.63) is 59.7 Å². The summed E-state index contributed by atoms with van der Waals surface area (Å²) in [5, 5.41) is 12.9. The van der Waals surface area contributed by atoms with E-state index in [1.807, 2.05) is 24.3 Å². The number of carbonyl (C=O) groups excluding carboxylic acids is 1. The van der Waals surface area contributed by atoms with Gasteiger partial charge in [-0.2, -0.15) is 5.10 Å². The van der Waals surface area contributed by atoms with E-state index >= 15 is 0 Å². The van der Waals surface area contributed by atoms with Gasteiger partial charge in [0, 0.05) is 5.56 Å². The van der Waals surface area contributed by atoms with Gasteiger partial charge in [-0.1, -0.05) is 42.1 Å². The third-order valence-corrected chi connectivity index (χ3v) is 6.03. The number of amides is 1. The highest BCUT2D eigenvalue weighted by Crippen LogP contribution is 2.31. The van der Waals surface area contributed by atoms with E-state index < -0.39 is 11.2 Å². The highest BCUT2D eigenvalue weighted by Gasteiger charge is 2.17. The van der Waals surface area contributed by atoms with E-state index in [1.54, 1.807) is 43.4 Å². The van der Waals surface area contributed by atoms with Crippen molar-refractivity contribution in [3.8, 4) is 0 Å². The lowest BCUT2D eigenvalue weighted by Crippen LogP contribution is -2.27. The molecular formula is C19H17N3O3S2. The lowest BCUT2D eigenvalue weighted by atomic mass is 10.0. The monoisotopic (exact) mass is 399 g/mol. The van der Waals surface area contributed by atoms with Gasteiger partial charge in [0.05, 0.1) is 26.7 Å². The minimum absolute atomic E-state index is 0.143. The predicted octanol–water partition coefficient (Wildman–Crippen LogP) is 4.02. The zero-order valence-electron chi connectivity index (χ0n) is 14.7. The van der Waals surface area contributed by atoms with Crippen molar-refractivity contribution in [2.75, 3.05) is 0 Å². The molecule has 1 atom stereocenters. The summed E-state index contributed by atoms with van der Waals surface area (Å²) in [6.45, 7) is 3.44. The van der Waals surface area contributed by atoms with Gasteiger partial charge in [0.2, 0.25) is 0 Å². The normalized spacial score (nSPS) is 12.7. The number of carboxylic acid groups (broad SMARTS) is 1. The molecular weight excluding hydrogens is 382 g/mol. The Morgan fingerprint density at radius 1 is 1.15 bits per heavy atom. The number of thioether (sulfide) groups is 1. The summed E-state index contributed by atoms with van der Waals surface area (Å²) in [5.41, 5.74) is 4.47. The topological polar surface area (TPSA) is 91.7 Å². The molecule has 0 aliphatic heterocycles. The number of hydrogen-bond donors (Lipinski definition) is 2. The molecule has 27 heavy (non-hydrogen) atoms. The van der Waals surface area contributed by atoms with E-state index in [-0.39, 0.29) is 11.5 Å². The van der Waals surface area contributed by atoms with Gasteiger partial charge in [-0.25, -0.2) is 15.2 Å². The number of nitrogens with zero attached hydrogens (tertiary/aromatic N) is 2. The van der Waals surface area contributed by atoms with Crippen LogP contribution in [-0.2, 0) is 4.79 Å². The Kier molecular flexibility index (Phi) is 5.88. The molecule has 1 heterocycles. The maximum Gasteiger partial charge on any atom is 0.336 e. The van der Waals surface area contributed by atoms with Crippen molar-refractivity contribution in [1.82, 2.24) is 10.4 Å². The quantitative estimate of drug-likeness (QED) is 0.371. The summed E-state index contributed by atoms with van der Waals surface area (Å²) in [6, 6.07) is 14.4. The molecule has 1 aromatic heterocycles. The summed E-state index contributed by atoms with van der Waals surface area (Å²) in [5.74, 6) is -1.31. The number of benzene rings is 2. The number of para-hydroxylation sites is 1. The van der Waals surface area contributed by atoms with Gasteiger partial charge in [0.15, 0.2) is 4.34 Å². The number of carboxylic acids is 1. The Balaban J connectivity index is 1.67. The lowest BCUT2D eigenvalue weighted by Gasteiger charge is -2.09. The second kappa shape index (κ2) is 8.32. The van der Waals surface area contributed by atoms with Crippen molar-refractivity contribution in [1.29, 1.82) is 0 Å². The Hall–Kier alpha value is -2.71. The summed E-state index contributed by atoms with van der Waals surface area (Å²) in [4.78, 5) is 28.1. The van der Waals surface area contributed by atoms with Gasteiger partial charge in [-0.05, 0) is 32.0 Å². The van der Waals surface area contributed by atoms with E-state index in [9.17, 15) is 14.7 Å². The van der Waals surface area contributed by atoms with Crippen molar-refractivity contribution in [2.24, 2.45) is 5.10 Å². The van der Waals surface area contributed by atoms with E-state index in [4.69, 9.17) is 0 Å². The third-order valence-electron chi connectivity index (χ3n) is 3.80. The zero-order valence-corrected chi connectivity index (χ0v) is 16.3. The van der Waals surface area contributed by atoms with Crippen LogP contribution in [0, 0.1) is 0 Å². The molecule has 3 aromatic rings. The van der Waals surface area contributed by atoms with Crippen LogP contribution in [0.15, 0.2) is 58.0 Å². The van der Waals surface area contributed by atoms with Gasteiger partial charge in [-0.3, -0.25) is 4.79 Å². The number of carbonyl (C=O) groups is 2. The van der Waals surface area contributed by atoms with E-state index in [0.29, 0.717) is 11.3 Å². The molecule has 1 amide bonds. The minimum atomic E-state index is -1.04. The summed E-state index contributed by atoms with van der Waals surface area (Å²) in [7, 11) is 0. The van der Waals surface area contributed by atoms with Crippen LogP contribution in [0.5, 0.6) is 0 Å². The standard InChI is InChI=1S/C19H17N3O3S2/c1-11(13-7-3-4-8-14(13)18(24)25)21-22-17(23)12(2)26-19-20-15-9-5-6-10-16(15)27-19/h3-10,12H,1-2H3,(H,22,23)(H,24,25)/b21-11+/t12-/m1/s1. The average Bonchev–Trinajstić information content (AvgIpc) is 3.07. The van der Waals surface area contributed by atoms with Crippen molar-refractivity contribution in [3.63, 3.8) is 0 Å². The number of nitrogens with one attached hydrogen (secondary N) is 1. The Bertz CT molecular complexity index is 997. The number of aromatic carboxylic acids is 1. The molecule has 8 heteroatoms. The smallest absolute Gasteiger partial charge is 0.336 e. The fourth-order valence-electron chi connectivity index (χ4n) is 2.38. The van der Waals surface area contributed by atoms with Crippen LogP contribution in [0.3, 0.4) is 0 Å². The summed E-state index contributed by atoms with van der Waals surface area (Å²) in [6.07, 6.45) is 0. The summed E-state index contributed by atoms with van der Waals surface area (Å²) >= 11 is 2.91. The van der Waals surface area contributed by atoms with E-state index in [2.05, 4.69) is 15.5 Å².